The first kappa shape index (κ1) is 13.0. The minimum atomic E-state index is -0.397. The Morgan fingerprint density at radius 1 is 1.22 bits per heavy atom. The molecule has 5 heteroatoms. The highest BCUT2D eigenvalue weighted by molar-refractivity contribution is 6.34. The maximum atomic E-state index is 11.7. The number of allylic oxidation sites excluding steroid dienone is 2. The highest BCUT2D eigenvalue weighted by atomic mass is 35.5. The van der Waals surface area contributed by atoms with Crippen LogP contribution in [0, 0.1) is 0 Å². The Bertz CT molecular complexity index is 491. The number of amides is 1. The topological polar surface area (TPSA) is 29.5 Å². The number of carbonyl (C=O) groups excluding carboxylic acids is 1. The number of carbonyl (C=O) groups is 1. The standard InChI is InChI=1S/C13H11Cl2NO2/c14-11-6-10(7-12(15)8-11)9-18-13(17)16-4-2-1-3-5-16/h1-4,6-8H,5,9H2. The lowest BCUT2D eigenvalue weighted by molar-refractivity contribution is 0.113. The SMILES string of the molecule is O=C(OCc1cc(Cl)cc(Cl)c1)N1C=CC=CC1. The van der Waals surface area contributed by atoms with E-state index in [4.69, 9.17) is 27.9 Å². The molecule has 3 nitrogen and oxygen atoms in total. The molecule has 1 aromatic rings. The monoisotopic (exact) mass is 283 g/mol. The highest BCUT2D eigenvalue weighted by Crippen LogP contribution is 2.19. The lowest BCUT2D eigenvalue weighted by Crippen LogP contribution is -2.27. The second-order valence-corrected chi connectivity index (χ2v) is 4.63. The number of halogens is 2. The van der Waals surface area contributed by atoms with Gasteiger partial charge >= 0.3 is 6.09 Å². The summed E-state index contributed by atoms with van der Waals surface area (Å²) in [5.41, 5.74) is 0.761. The summed E-state index contributed by atoms with van der Waals surface area (Å²) in [7, 11) is 0. The summed E-state index contributed by atoms with van der Waals surface area (Å²) >= 11 is 11.7. The summed E-state index contributed by atoms with van der Waals surface area (Å²) < 4.78 is 5.16. The third kappa shape index (κ3) is 3.52. The van der Waals surface area contributed by atoms with Crippen molar-refractivity contribution in [2.45, 2.75) is 6.61 Å². The molecule has 1 aliphatic rings. The Morgan fingerprint density at radius 3 is 2.56 bits per heavy atom. The zero-order valence-electron chi connectivity index (χ0n) is 9.48. The Hall–Kier alpha value is -1.45. The van der Waals surface area contributed by atoms with Crippen LogP contribution < -0.4 is 0 Å². The van der Waals surface area contributed by atoms with Crippen molar-refractivity contribution >= 4 is 29.3 Å². The first-order valence-corrected chi connectivity index (χ1v) is 6.12. The lowest BCUT2D eigenvalue weighted by atomic mass is 10.2. The predicted octanol–water partition coefficient (Wildman–Crippen LogP) is 4.02. The Balaban J connectivity index is 1.93. The Labute approximate surface area is 115 Å². The van der Waals surface area contributed by atoms with Crippen molar-refractivity contribution in [2.75, 3.05) is 6.54 Å². The molecule has 0 bridgehead atoms. The van der Waals surface area contributed by atoms with Crippen LogP contribution in [0.4, 0.5) is 4.79 Å². The molecule has 94 valence electrons. The molecule has 0 unspecified atom stereocenters. The van der Waals surface area contributed by atoms with Gasteiger partial charge in [0.2, 0.25) is 0 Å². The van der Waals surface area contributed by atoms with Gasteiger partial charge < -0.3 is 4.74 Å². The molecule has 0 atom stereocenters. The molecule has 1 heterocycles. The molecule has 1 aromatic carbocycles. The summed E-state index contributed by atoms with van der Waals surface area (Å²) in [5, 5.41) is 1.05. The van der Waals surface area contributed by atoms with Gasteiger partial charge in [-0.3, -0.25) is 4.90 Å². The Morgan fingerprint density at radius 2 is 1.94 bits per heavy atom. The highest BCUT2D eigenvalue weighted by Gasteiger charge is 2.12. The average Bonchev–Trinajstić information content (AvgIpc) is 2.36. The number of ether oxygens (including phenoxy) is 1. The molecular formula is C13H11Cl2NO2. The molecule has 0 fully saturated rings. The molecule has 0 saturated heterocycles. The third-order valence-electron chi connectivity index (χ3n) is 2.33. The van der Waals surface area contributed by atoms with E-state index in [1.54, 1.807) is 30.5 Å². The number of rotatable bonds is 2. The molecule has 1 amide bonds. The second kappa shape index (κ2) is 5.94. The van der Waals surface area contributed by atoms with E-state index in [9.17, 15) is 4.79 Å². The molecule has 18 heavy (non-hydrogen) atoms. The first-order chi connectivity index (χ1) is 8.65. The van der Waals surface area contributed by atoms with Crippen LogP contribution in [0.3, 0.4) is 0 Å². The smallest absolute Gasteiger partial charge is 0.414 e. The maximum absolute atomic E-state index is 11.7. The van der Waals surface area contributed by atoms with Gasteiger partial charge in [-0.25, -0.2) is 4.79 Å². The van der Waals surface area contributed by atoms with Crippen LogP contribution in [0.2, 0.25) is 10.0 Å². The predicted molar refractivity (Wildman–Crippen MR) is 71.6 cm³/mol. The second-order valence-electron chi connectivity index (χ2n) is 3.75. The number of benzene rings is 1. The molecule has 1 aliphatic heterocycles. The van der Waals surface area contributed by atoms with Gasteiger partial charge in [0, 0.05) is 22.8 Å². The van der Waals surface area contributed by atoms with Crippen LogP contribution in [0.5, 0.6) is 0 Å². The van der Waals surface area contributed by atoms with E-state index in [-0.39, 0.29) is 6.61 Å². The van der Waals surface area contributed by atoms with Crippen LogP contribution in [0.25, 0.3) is 0 Å². The van der Waals surface area contributed by atoms with Gasteiger partial charge in [0.05, 0.1) is 0 Å². The molecule has 0 radical (unpaired) electrons. The van der Waals surface area contributed by atoms with E-state index in [1.165, 1.54) is 4.90 Å². The minimum Gasteiger partial charge on any atom is -0.444 e. The largest absolute Gasteiger partial charge is 0.444 e. The van der Waals surface area contributed by atoms with Crippen molar-refractivity contribution in [3.63, 3.8) is 0 Å². The summed E-state index contributed by atoms with van der Waals surface area (Å²) in [6.45, 7) is 0.665. The molecule has 0 spiro atoms. The van der Waals surface area contributed by atoms with Crippen LogP contribution in [0.15, 0.2) is 42.6 Å². The van der Waals surface area contributed by atoms with Crippen molar-refractivity contribution in [1.82, 2.24) is 4.90 Å². The van der Waals surface area contributed by atoms with E-state index < -0.39 is 6.09 Å². The summed E-state index contributed by atoms with van der Waals surface area (Å²) in [6.07, 6.45) is 6.80. The van der Waals surface area contributed by atoms with E-state index in [2.05, 4.69) is 0 Å². The van der Waals surface area contributed by atoms with Crippen molar-refractivity contribution in [1.29, 1.82) is 0 Å². The number of hydrogen-bond acceptors (Lipinski definition) is 2. The fourth-order valence-corrected chi connectivity index (χ4v) is 2.10. The average molecular weight is 284 g/mol. The van der Waals surface area contributed by atoms with Crippen molar-refractivity contribution < 1.29 is 9.53 Å². The molecule has 0 saturated carbocycles. The van der Waals surface area contributed by atoms with Gasteiger partial charge in [0.15, 0.2) is 0 Å². The molecule has 0 aliphatic carbocycles. The van der Waals surface area contributed by atoms with Gasteiger partial charge in [0.1, 0.15) is 6.61 Å². The normalized spacial score (nSPS) is 13.8. The zero-order valence-corrected chi connectivity index (χ0v) is 11.0. The fourth-order valence-electron chi connectivity index (χ4n) is 1.53. The van der Waals surface area contributed by atoms with Gasteiger partial charge in [0.25, 0.3) is 0 Å². The fraction of sp³-hybridized carbons (Fsp3) is 0.154. The Kier molecular flexibility index (Phi) is 4.28. The molecule has 0 N–H and O–H groups in total. The van der Waals surface area contributed by atoms with E-state index in [0.717, 1.165) is 5.56 Å². The summed E-state index contributed by atoms with van der Waals surface area (Å²) in [4.78, 5) is 13.2. The van der Waals surface area contributed by atoms with Gasteiger partial charge in [-0.1, -0.05) is 35.4 Å². The van der Waals surface area contributed by atoms with Crippen LogP contribution in [-0.4, -0.2) is 17.5 Å². The quantitative estimate of drug-likeness (QED) is 0.821. The summed E-state index contributed by atoms with van der Waals surface area (Å²) in [6, 6.07) is 5.06. The number of nitrogens with zero attached hydrogens (tertiary/aromatic N) is 1. The van der Waals surface area contributed by atoms with E-state index in [0.29, 0.717) is 16.6 Å². The molecule has 0 aromatic heterocycles. The first-order valence-electron chi connectivity index (χ1n) is 5.37. The summed E-state index contributed by atoms with van der Waals surface area (Å²) in [5.74, 6) is 0. The zero-order chi connectivity index (χ0) is 13.0. The van der Waals surface area contributed by atoms with Gasteiger partial charge in [-0.2, -0.15) is 0 Å². The van der Waals surface area contributed by atoms with Gasteiger partial charge in [-0.15, -0.1) is 0 Å². The minimum absolute atomic E-state index is 0.146. The van der Waals surface area contributed by atoms with Crippen LogP contribution in [0.1, 0.15) is 5.56 Å². The van der Waals surface area contributed by atoms with Crippen molar-refractivity contribution in [3.8, 4) is 0 Å². The number of hydrogen-bond donors (Lipinski definition) is 0. The third-order valence-corrected chi connectivity index (χ3v) is 2.77. The molecular weight excluding hydrogens is 273 g/mol. The van der Waals surface area contributed by atoms with Crippen LogP contribution >= 0.6 is 23.2 Å². The van der Waals surface area contributed by atoms with Gasteiger partial charge in [-0.05, 0) is 29.8 Å². The van der Waals surface area contributed by atoms with E-state index >= 15 is 0 Å². The lowest BCUT2D eigenvalue weighted by Gasteiger charge is -2.18. The van der Waals surface area contributed by atoms with Crippen molar-refractivity contribution in [2.24, 2.45) is 0 Å². The molecule has 2 rings (SSSR count). The van der Waals surface area contributed by atoms with E-state index in [1.807, 2.05) is 12.2 Å². The van der Waals surface area contributed by atoms with Crippen LogP contribution in [-0.2, 0) is 11.3 Å². The maximum Gasteiger partial charge on any atom is 0.414 e. The van der Waals surface area contributed by atoms with Crippen molar-refractivity contribution in [3.05, 3.63) is 58.2 Å².